The number of hydrogen-bond donors (Lipinski definition) is 2. The second kappa shape index (κ2) is 8.33. The molecule has 0 fully saturated rings. The average molecular weight is 432 g/mol. The summed E-state index contributed by atoms with van der Waals surface area (Å²) in [5.41, 5.74) is 2.53. The van der Waals surface area contributed by atoms with E-state index in [9.17, 15) is 4.79 Å². The monoisotopic (exact) mass is 431 g/mol. The van der Waals surface area contributed by atoms with Gasteiger partial charge in [-0.1, -0.05) is 51.5 Å². The fourth-order valence-corrected chi connectivity index (χ4v) is 3.77. The minimum atomic E-state index is -0.131. The number of nitrogens with one attached hydrogen (secondary N) is 2. The molecule has 0 spiro atoms. The van der Waals surface area contributed by atoms with Crippen LogP contribution in [0.15, 0.2) is 53.0 Å². The first-order chi connectivity index (χ1) is 12.6. The lowest BCUT2D eigenvalue weighted by Crippen LogP contribution is -2.22. The molecule has 2 aromatic carbocycles. The van der Waals surface area contributed by atoms with Crippen LogP contribution in [0, 0.1) is 6.92 Å². The number of thiazole rings is 1. The SMILES string of the molecule is COc1ccccc1Nc1nc(C)c(C(=O)NCc2cccc(Br)c2)s1. The van der Waals surface area contributed by atoms with Crippen molar-refractivity contribution < 1.29 is 9.53 Å². The van der Waals surface area contributed by atoms with Crippen LogP contribution in [0.1, 0.15) is 20.9 Å². The van der Waals surface area contributed by atoms with Gasteiger partial charge in [0.05, 0.1) is 18.5 Å². The third kappa shape index (κ3) is 4.42. The number of para-hydroxylation sites is 2. The summed E-state index contributed by atoms with van der Waals surface area (Å²) in [6.07, 6.45) is 0. The highest BCUT2D eigenvalue weighted by Crippen LogP contribution is 2.30. The number of aromatic nitrogens is 1. The Kier molecular flexibility index (Phi) is 5.90. The van der Waals surface area contributed by atoms with Gasteiger partial charge in [-0.05, 0) is 36.8 Å². The van der Waals surface area contributed by atoms with E-state index in [1.807, 2.05) is 55.5 Å². The Labute approximate surface area is 164 Å². The number of hydrogen-bond acceptors (Lipinski definition) is 5. The predicted octanol–water partition coefficient (Wildman–Crippen LogP) is 4.90. The van der Waals surface area contributed by atoms with Gasteiger partial charge in [0, 0.05) is 11.0 Å². The van der Waals surface area contributed by atoms with Crippen LogP contribution in [0.3, 0.4) is 0 Å². The van der Waals surface area contributed by atoms with E-state index in [-0.39, 0.29) is 5.91 Å². The summed E-state index contributed by atoms with van der Waals surface area (Å²) in [5, 5.41) is 6.81. The maximum atomic E-state index is 12.5. The number of anilines is 2. The number of aryl methyl sites for hydroxylation is 1. The van der Waals surface area contributed by atoms with Gasteiger partial charge in [-0.25, -0.2) is 4.98 Å². The number of nitrogens with zero attached hydrogens (tertiary/aromatic N) is 1. The van der Waals surface area contributed by atoms with Crippen LogP contribution in [0.25, 0.3) is 0 Å². The quantitative estimate of drug-likeness (QED) is 0.582. The number of carbonyl (C=O) groups excluding carboxylic acids is 1. The van der Waals surface area contributed by atoms with Crippen LogP contribution in [-0.4, -0.2) is 18.0 Å². The van der Waals surface area contributed by atoms with Gasteiger partial charge < -0.3 is 15.4 Å². The number of carbonyl (C=O) groups is 1. The lowest BCUT2D eigenvalue weighted by molar-refractivity contribution is 0.0954. The van der Waals surface area contributed by atoms with Gasteiger partial charge in [0.1, 0.15) is 10.6 Å². The largest absolute Gasteiger partial charge is 0.495 e. The van der Waals surface area contributed by atoms with E-state index in [0.717, 1.165) is 21.5 Å². The van der Waals surface area contributed by atoms with Gasteiger partial charge in [-0.3, -0.25) is 4.79 Å². The molecule has 0 saturated carbocycles. The fraction of sp³-hybridized carbons (Fsp3) is 0.158. The van der Waals surface area contributed by atoms with E-state index < -0.39 is 0 Å². The molecule has 5 nitrogen and oxygen atoms in total. The Morgan fingerprint density at radius 3 is 2.81 bits per heavy atom. The van der Waals surface area contributed by atoms with Crippen molar-refractivity contribution in [3.63, 3.8) is 0 Å². The Balaban J connectivity index is 1.70. The highest BCUT2D eigenvalue weighted by atomic mass is 79.9. The lowest BCUT2D eigenvalue weighted by atomic mass is 10.2. The Hall–Kier alpha value is -2.38. The molecule has 0 saturated heterocycles. The van der Waals surface area contributed by atoms with Crippen molar-refractivity contribution in [1.29, 1.82) is 0 Å². The molecule has 2 N–H and O–H groups in total. The van der Waals surface area contributed by atoms with Crippen LogP contribution in [0.4, 0.5) is 10.8 Å². The highest BCUT2D eigenvalue weighted by Gasteiger charge is 2.16. The van der Waals surface area contributed by atoms with Gasteiger partial charge >= 0.3 is 0 Å². The Morgan fingerprint density at radius 1 is 1.23 bits per heavy atom. The summed E-state index contributed by atoms with van der Waals surface area (Å²) in [6, 6.07) is 15.4. The fourth-order valence-electron chi connectivity index (χ4n) is 2.43. The maximum absolute atomic E-state index is 12.5. The van der Waals surface area contributed by atoms with Gasteiger partial charge in [-0.2, -0.15) is 0 Å². The molecule has 0 atom stereocenters. The molecule has 1 aromatic heterocycles. The summed E-state index contributed by atoms with van der Waals surface area (Å²) < 4.78 is 6.32. The smallest absolute Gasteiger partial charge is 0.263 e. The van der Waals surface area contributed by atoms with E-state index >= 15 is 0 Å². The third-order valence-electron chi connectivity index (χ3n) is 3.69. The standard InChI is InChI=1S/C19H18BrN3O2S/c1-12-17(18(24)21-11-13-6-5-7-14(20)10-13)26-19(22-12)23-15-8-3-4-9-16(15)25-2/h3-10H,11H2,1-2H3,(H,21,24)(H,22,23). The van der Waals surface area contributed by atoms with Crippen molar-refractivity contribution in [3.8, 4) is 5.75 Å². The zero-order chi connectivity index (χ0) is 18.5. The maximum Gasteiger partial charge on any atom is 0.263 e. The average Bonchev–Trinajstić information content (AvgIpc) is 3.00. The number of ether oxygens (including phenoxy) is 1. The summed E-state index contributed by atoms with van der Waals surface area (Å²) in [6.45, 7) is 2.29. The second-order valence-electron chi connectivity index (χ2n) is 5.57. The van der Waals surface area contributed by atoms with Crippen LogP contribution >= 0.6 is 27.3 Å². The Morgan fingerprint density at radius 2 is 2.04 bits per heavy atom. The lowest BCUT2D eigenvalue weighted by Gasteiger charge is -2.08. The molecule has 0 bridgehead atoms. The predicted molar refractivity (Wildman–Crippen MR) is 108 cm³/mol. The van der Waals surface area contributed by atoms with Crippen LogP contribution in [-0.2, 0) is 6.54 Å². The highest BCUT2D eigenvalue weighted by molar-refractivity contribution is 9.10. The van der Waals surface area contributed by atoms with Gasteiger partial charge in [-0.15, -0.1) is 0 Å². The van der Waals surface area contributed by atoms with E-state index in [0.29, 0.717) is 22.2 Å². The van der Waals surface area contributed by atoms with Gasteiger partial charge in [0.2, 0.25) is 0 Å². The second-order valence-corrected chi connectivity index (χ2v) is 7.49. The molecule has 0 unspecified atom stereocenters. The van der Waals surface area contributed by atoms with E-state index in [4.69, 9.17) is 4.74 Å². The molecule has 0 aliphatic carbocycles. The molecule has 134 valence electrons. The summed E-state index contributed by atoms with van der Waals surface area (Å²) >= 11 is 4.75. The first-order valence-electron chi connectivity index (χ1n) is 7.97. The van der Waals surface area contributed by atoms with E-state index in [1.54, 1.807) is 7.11 Å². The number of rotatable bonds is 6. The van der Waals surface area contributed by atoms with Crippen molar-refractivity contribution in [2.45, 2.75) is 13.5 Å². The van der Waals surface area contributed by atoms with Crippen molar-refractivity contribution in [3.05, 3.63) is 69.1 Å². The minimum absolute atomic E-state index is 0.131. The van der Waals surface area contributed by atoms with Crippen molar-refractivity contribution in [1.82, 2.24) is 10.3 Å². The third-order valence-corrected chi connectivity index (χ3v) is 5.26. The molecule has 0 radical (unpaired) electrons. The summed E-state index contributed by atoms with van der Waals surface area (Å²) in [5.74, 6) is 0.592. The zero-order valence-corrected chi connectivity index (χ0v) is 16.8. The van der Waals surface area contributed by atoms with E-state index in [2.05, 4.69) is 31.5 Å². The zero-order valence-electron chi connectivity index (χ0n) is 14.4. The molecular formula is C19H18BrN3O2S. The van der Waals surface area contributed by atoms with E-state index in [1.165, 1.54) is 11.3 Å². The van der Waals surface area contributed by atoms with Gasteiger partial charge in [0.15, 0.2) is 5.13 Å². The minimum Gasteiger partial charge on any atom is -0.495 e. The number of methoxy groups -OCH3 is 1. The molecule has 3 aromatic rings. The van der Waals surface area contributed by atoms with Crippen molar-refractivity contribution in [2.75, 3.05) is 12.4 Å². The Bertz CT molecular complexity index is 927. The topological polar surface area (TPSA) is 63.2 Å². The summed E-state index contributed by atoms with van der Waals surface area (Å²) in [4.78, 5) is 17.6. The molecule has 1 amide bonds. The number of halogens is 1. The number of amides is 1. The van der Waals surface area contributed by atoms with Crippen molar-refractivity contribution >= 4 is 44.0 Å². The first kappa shape index (κ1) is 18.4. The summed E-state index contributed by atoms with van der Waals surface area (Å²) in [7, 11) is 1.62. The van der Waals surface area contributed by atoms with Crippen LogP contribution in [0.2, 0.25) is 0 Å². The first-order valence-corrected chi connectivity index (χ1v) is 9.58. The van der Waals surface area contributed by atoms with Crippen LogP contribution in [0.5, 0.6) is 5.75 Å². The molecule has 0 aliphatic heterocycles. The van der Waals surface area contributed by atoms with Crippen molar-refractivity contribution in [2.24, 2.45) is 0 Å². The molecule has 7 heteroatoms. The molecule has 3 rings (SSSR count). The number of benzene rings is 2. The van der Waals surface area contributed by atoms with Gasteiger partial charge in [0.25, 0.3) is 5.91 Å². The molecule has 0 aliphatic rings. The molecular weight excluding hydrogens is 414 g/mol. The normalized spacial score (nSPS) is 10.4. The molecule has 26 heavy (non-hydrogen) atoms. The van der Waals surface area contributed by atoms with Crippen LogP contribution < -0.4 is 15.4 Å². The molecule has 1 heterocycles.